The molecule has 0 saturated heterocycles. The van der Waals surface area contributed by atoms with Crippen LogP contribution in [0.4, 0.5) is 30.6 Å². The van der Waals surface area contributed by atoms with Crippen LogP contribution >= 0.6 is 23.2 Å². The summed E-state index contributed by atoms with van der Waals surface area (Å²) in [6, 6.07) is 4.61. The van der Waals surface area contributed by atoms with Gasteiger partial charge in [-0.05, 0) is 25.1 Å². The van der Waals surface area contributed by atoms with Gasteiger partial charge in [-0.15, -0.1) is 0 Å². The number of rotatable bonds is 5. The van der Waals surface area contributed by atoms with E-state index in [0.717, 1.165) is 0 Å². The van der Waals surface area contributed by atoms with Gasteiger partial charge in [-0.1, -0.05) is 23.2 Å². The van der Waals surface area contributed by atoms with Gasteiger partial charge in [0.25, 0.3) is 0 Å². The normalized spacial score (nSPS) is 12.8. The first-order valence-corrected chi connectivity index (χ1v) is 7.50. The molecule has 2 aromatic rings. The largest absolute Gasteiger partial charge is 0.421 e. The highest BCUT2D eigenvalue weighted by atomic mass is 35.5. The Hall–Kier alpha value is -1.77. The molecule has 0 aliphatic heterocycles. The Kier molecular flexibility index (Phi) is 5.74. The molecule has 130 valence electrons. The van der Waals surface area contributed by atoms with Crippen LogP contribution < -0.4 is 10.6 Å². The van der Waals surface area contributed by atoms with Crippen molar-refractivity contribution in [3.8, 4) is 0 Å². The molecular weight excluding hydrogens is 368 g/mol. The van der Waals surface area contributed by atoms with Gasteiger partial charge < -0.3 is 15.7 Å². The molecule has 1 aromatic carbocycles. The Bertz CT molecular complexity index is 726. The monoisotopic (exact) mass is 380 g/mol. The van der Waals surface area contributed by atoms with Gasteiger partial charge in [-0.2, -0.15) is 18.2 Å². The van der Waals surface area contributed by atoms with E-state index >= 15 is 0 Å². The Morgan fingerprint density at radius 1 is 1.25 bits per heavy atom. The van der Waals surface area contributed by atoms with E-state index in [4.69, 9.17) is 23.2 Å². The molecular formula is C14H13Cl2F3N4O. The first-order valence-electron chi connectivity index (χ1n) is 6.75. The summed E-state index contributed by atoms with van der Waals surface area (Å²) in [4.78, 5) is 7.48. The van der Waals surface area contributed by atoms with Crippen LogP contribution in [-0.2, 0) is 6.18 Å². The summed E-state index contributed by atoms with van der Waals surface area (Å²) in [7, 11) is 0. The van der Waals surface area contributed by atoms with E-state index in [2.05, 4.69) is 20.6 Å². The van der Waals surface area contributed by atoms with Crippen molar-refractivity contribution in [1.82, 2.24) is 9.97 Å². The van der Waals surface area contributed by atoms with E-state index in [9.17, 15) is 18.3 Å². The van der Waals surface area contributed by atoms with Gasteiger partial charge in [-0.25, -0.2) is 4.98 Å². The molecule has 3 N–H and O–H groups in total. The maximum Gasteiger partial charge on any atom is 0.421 e. The molecule has 1 heterocycles. The summed E-state index contributed by atoms with van der Waals surface area (Å²) in [5.74, 6) is -0.490. The van der Waals surface area contributed by atoms with E-state index in [1.165, 1.54) is 19.1 Å². The maximum atomic E-state index is 13.0. The molecule has 0 aliphatic rings. The van der Waals surface area contributed by atoms with Crippen molar-refractivity contribution in [3.63, 3.8) is 0 Å². The lowest BCUT2D eigenvalue weighted by Crippen LogP contribution is -2.20. The Labute approximate surface area is 145 Å². The molecule has 1 aromatic heterocycles. The fourth-order valence-corrected chi connectivity index (χ4v) is 2.03. The Balaban J connectivity index is 2.30. The number of benzene rings is 1. The fourth-order valence-electron chi connectivity index (χ4n) is 1.73. The molecule has 24 heavy (non-hydrogen) atoms. The van der Waals surface area contributed by atoms with Crippen molar-refractivity contribution in [2.75, 3.05) is 17.2 Å². The highest BCUT2D eigenvalue weighted by Gasteiger charge is 2.35. The van der Waals surface area contributed by atoms with Crippen LogP contribution in [0.2, 0.25) is 10.0 Å². The number of nitrogens with one attached hydrogen (secondary N) is 2. The number of aromatic nitrogens is 2. The number of hydrogen-bond donors (Lipinski definition) is 3. The maximum absolute atomic E-state index is 13.0. The zero-order valence-electron chi connectivity index (χ0n) is 12.3. The predicted molar refractivity (Wildman–Crippen MR) is 86.9 cm³/mol. The summed E-state index contributed by atoms with van der Waals surface area (Å²) in [5.41, 5.74) is -0.562. The summed E-state index contributed by atoms with van der Waals surface area (Å²) < 4.78 is 39.0. The minimum atomic E-state index is -4.62. The minimum Gasteiger partial charge on any atom is -0.392 e. The standard InChI is InChI=1S/C14H13Cl2F3N4O/c1-7(24)5-20-12-9(14(17,18)19)6-21-13(23-12)22-8-2-3-10(15)11(16)4-8/h2-4,6-7,24H,5H2,1H3,(H2,20,21,22,23). The lowest BCUT2D eigenvalue weighted by molar-refractivity contribution is -0.137. The zero-order chi connectivity index (χ0) is 17.9. The third-order valence-electron chi connectivity index (χ3n) is 2.83. The summed E-state index contributed by atoms with van der Waals surface area (Å²) >= 11 is 11.7. The van der Waals surface area contributed by atoms with E-state index in [0.29, 0.717) is 16.9 Å². The van der Waals surface area contributed by atoms with Crippen LogP contribution in [0.3, 0.4) is 0 Å². The van der Waals surface area contributed by atoms with Crippen LogP contribution in [0.1, 0.15) is 12.5 Å². The number of aliphatic hydroxyl groups excluding tert-OH is 1. The third-order valence-corrected chi connectivity index (χ3v) is 3.57. The van der Waals surface area contributed by atoms with Crippen LogP contribution in [-0.4, -0.2) is 27.7 Å². The molecule has 0 amide bonds. The topological polar surface area (TPSA) is 70.1 Å². The highest BCUT2D eigenvalue weighted by Crippen LogP contribution is 2.34. The molecule has 1 unspecified atom stereocenters. The van der Waals surface area contributed by atoms with Crippen LogP contribution in [0.25, 0.3) is 0 Å². The van der Waals surface area contributed by atoms with E-state index in [1.807, 2.05) is 0 Å². The minimum absolute atomic E-state index is 0.0607. The average Bonchev–Trinajstić information content (AvgIpc) is 2.48. The van der Waals surface area contributed by atoms with Crippen molar-refractivity contribution in [1.29, 1.82) is 0 Å². The number of aliphatic hydroxyl groups is 1. The van der Waals surface area contributed by atoms with Crippen molar-refractivity contribution in [3.05, 3.63) is 40.0 Å². The van der Waals surface area contributed by atoms with E-state index < -0.39 is 23.7 Å². The lowest BCUT2D eigenvalue weighted by Gasteiger charge is -2.15. The quantitative estimate of drug-likeness (QED) is 0.719. The fraction of sp³-hybridized carbons (Fsp3) is 0.286. The third kappa shape index (κ3) is 4.86. The zero-order valence-corrected chi connectivity index (χ0v) is 13.8. The van der Waals surface area contributed by atoms with Gasteiger partial charge in [0.15, 0.2) is 0 Å². The Morgan fingerprint density at radius 3 is 2.54 bits per heavy atom. The molecule has 0 bridgehead atoms. The molecule has 10 heteroatoms. The first-order chi connectivity index (χ1) is 11.2. The molecule has 1 atom stereocenters. The number of hydrogen-bond acceptors (Lipinski definition) is 5. The molecule has 0 spiro atoms. The second-order valence-electron chi connectivity index (χ2n) is 4.94. The van der Waals surface area contributed by atoms with Crippen molar-refractivity contribution < 1.29 is 18.3 Å². The molecule has 0 aliphatic carbocycles. The molecule has 0 radical (unpaired) electrons. The smallest absolute Gasteiger partial charge is 0.392 e. The average molecular weight is 381 g/mol. The van der Waals surface area contributed by atoms with Crippen LogP contribution in [0.15, 0.2) is 24.4 Å². The van der Waals surface area contributed by atoms with Crippen LogP contribution in [0, 0.1) is 0 Å². The molecule has 0 saturated carbocycles. The molecule has 2 rings (SSSR count). The second kappa shape index (κ2) is 7.42. The first kappa shape index (κ1) is 18.6. The van der Waals surface area contributed by atoms with Gasteiger partial charge in [0.1, 0.15) is 11.4 Å². The van der Waals surface area contributed by atoms with Gasteiger partial charge in [0.2, 0.25) is 5.95 Å². The summed E-state index contributed by atoms with van der Waals surface area (Å²) in [5, 5.41) is 15.1. The van der Waals surface area contributed by atoms with Crippen LogP contribution in [0.5, 0.6) is 0 Å². The van der Waals surface area contributed by atoms with E-state index in [1.54, 1.807) is 6.07 Å². The number of halogens is 5. The molecule has 5 nitrogen and oxygen atoms in total. The predicted octanol–water partition coefficient (Wildman–Crippen LogP) is 4.34. The Morgan fingerprint density at radius 2 is 1.96 bits per heavy atom. The highest BCUT2D eigenvalue weighted by molar-refractivity contribution is 6.42. The number of nitrogens with zero attached hydrogens (tertiary/aromatic N) is 2. The van der Waals surface area contributed by atoms with Gasteiger partial charge >= 0.3 is 6.18 Å². The molecule has 0 fully saturated rings. The van der Waals surface area contributed by atoms with E-state index in [-0.39, 0.29) is 17.5 Å². The second-order valence-corrected chi connectivity index (χ2v) is 5.75. The summed E-state index contributed by atoms with van der Waals surface area (Å²) in [6.45, 7) is 1.35. The van der Waals surface area contributed by atoms with Crippen molar-refractivity contribution in [2.24, 2.45) is 0 Å². The van der Waals surface area contributed by atoms with Crippen molar-refractivity contribution in [2.45, 2.75) is 19.2 Å². The van der Waals surface area contributed by atoms with Gasteiger partial charge in [0, 0.05) is 18.4 Å². The lowest BCUT2D eigenvalue weighted by atomic mass is 10.3. The van der Waals surface area contributed by atoms with Gasteiger partial charge in [0.05, 0.1) is 16.1 Å². The summed E-state index contributed by atoms with van der Waals surface area (Å²) in [6.07, 6.45) is -4.80. The van der Waals surface area contributed by atoms with Gasteiger partial charge in [-0.3, -0.25) is 0 Å². The SMILES string of the molecule is CC(O)CNc1nc(Nc2ccc(Cl)c(Cl)c2)ncc1C(F)(F)F. The van der Waals surface area contributed by atoms with Crippen molar-refractivity contribution >= 4 is 40.7 Å². The number of alkyl halides is 3. The number of anilines is 3.